The van der Waals surface area contributed by atoms with Gasteiger partial charge >= 0.3 is 0 Å². The highest BCUT2D eigenvalue weighted by Crippen LogP contribution is 2.14. The average molecular weight is 247 g/mol. The number of hydrogen-bond donors (Lipinski definition) is 1. The van der Waals surface area contributed by atoms with Gasteiger partial charge in [-0.2, -0.15) is 0 Å². The molecule has 0 radical (unpaired) electrons. The number of hydrogen-bond acceptors (Lipinski definition) is 2. The van der Waals surface area contributed by atoms with Gasteiger partial charge in [0.25, 0.3) is 0 Å². The van der Waals surface area contributed by atoms with E-state index in [1.54, 1.807) is 6.20 Å². The Balaban J connectivity index is 2.04. The van der Waals surface area contributed by atoms with Crippen molar-refractivity contribution in [2.24, 2.45) is 0 Å². The van der Waals surface area contributed by atoms with E-state index in [0.717, 1.165) is 30.0 Å². The van der Waals surface area contributed by atoms with E-state index in [4.69, 9.17) is 0 Å². The summed E-state index contributed by atoms with van der Waals surface area (Å²) < 4.78 is 15.3. The Labute approximate surface area is 107 Å². The molecule has 0 saturated heterocycles. The molecule has 0 unspecified atom stereocenters. The minimum Gasteiger partial charge on any atom is -0.378 e. The summed E-state index contributed by atoms with van der Waals surface area (Å²) in [6, 6.07) is 4.94. The molecule has 0 aliphatic heterocycles. The van der Waals surface area contributed by atoms with Gasteiger partial charge in [-0.1, -0.05) is 6.92 Å². The summed E-state index contributed by atoms with van der Waals surface area (Å²) in [5.74, 6) is 0.758. The van der Waals surface area contributed by atoms with Crippen LogP contribution in [0.15, 0.2) is 30.6 Å². The van der Waals surface area contributed by atoms with Crippen LogP contribution in [0.4, 0.5) is 10.1 Å². The molecular formula is C14H18FN3. The summed E-state index contributed by atoms with van der Waals surface area (Å²) in [6.07, 6.45) is 4.84. The lowest BCUT2D eigenvalue weighted by atomic mass is 10.2. The first kappa shape index (κ1) is 12.6. The zero-order chi connectivity index (χ0) is 13.0. The van der Waals surface area contributed by atoms with Crippen LogP contribution < -0.4 is 5.32 Å². The molecule has 0 bridgehead atoms. The monoisotopic (exact) mass is 247 g/mol. The van der Waals surface area contributed by atoms with Gasteiger partial charge in [-0.3, -0.25) is 0 Å². The average Bonchev–Trinajstić information content (AvgIpc) is 2.73. The van der Waals surface area contributed by atoms with Crippen LogP contribution in [0.2, 0.25) is 0 Å². The van der Waals surface area contributed by atoms with Crippen LogP contribution in [0.5, 0.6) is 0 Å². The summed E-state index contributed by atoms with van der Waals surface area (Å²) in [4.78, 5) is 4.30. The van der Waals surface area contributed by atoms with E-state index in [2.05, 4.69) is 21.8 Å². The zero-order valence-electron chi connectivity index (χ0n) is 10.8. The molecule has 2 aromatic rings. The second kappa shape index (κ2) is 5.67. The van der Waals surface area contributed by atoms with E-state index in [1.165, 1.54) is 12.1 Å². The van der Waals surface area contributed by atoms with Gasteiger partial charge < -0.3 is 9.88 Å². The number of aromatic nitrogens is 2. The first-order chi connectivity index (χ1) is 8.69. The summed E-state index contributed by atoms with van der Waals surface area (Å²) in [5.41, 5.74) is 1.70. The van der Waals surface area contributed by atoms with Crippen molar-refractivity contribution < 1.29 is 4.39 Å². The van der Waals surface area contributed by atoms with Crippen molar-refractivity contribution in [3.63, 3.8) is 0 Å². The first-order valence-corrected chi connectivity index (χ1v) is 6.20. The third-order valence-corrected chi connectivity index (χ3v) is 2.76. The lowest BCUT2D eigenvalue weighted by Gasteiger charge is -2.09. The summed E-state index contributed by atoms with van der Waals surface area (Å²) in [7, 11) is 0. The van der Waals surface area contributed by atoms with E-state index < -0.39 is 0 Å². The summed E-state index contributed by atoms with van der Waals surface area (Å²) >= 11 is 0. The molecule has 2 rings (SSSR count). The van der Waals surface area contributed by atoms with E-state index in [0.29, 0.717) is 6.54 Å². The van der Waals surface area contributed by atoms with Crippen LogP contribution >= 0.6 is 0 Å². The molecule has 1 heterocycles. The number of rotatable bonds is 5. The van der Waals surface area contributed by atoms with Crippen LogP contribution in [0.3, 0.4) is 0 Å². The minimum atomic E-state index is -0.214. The number of imidazole rings is 1. The zero-order valence-corrected chi connectivity index (χ0v) is 10.8. The lowest BCUT2D eigenvalue weighted by Crippen LogP contribution is -2.08. The van der Waals surface area contributed by atoms with Crippen molar-refractivity contribution in [1.29, 1.82) is 0 Å². The highest BCUT2D eigenvalue weighted by Gasteiger charge is 2.03. The molecule has 1 aromatic heterocycles. The topological polar surface area (TPSA) is 29.9 Å². The predicted octanol–water partition coefficient (Wildman–Crippen LogP) is 3.35. The largest absolute Gasteiger partial charge is 0.378 e. The van der Waals surface area contributed by atoms with E-state index in [-0.39, 0.29) is 5.82 Å². The molecule has 0 amide bonds. The Morgan fingerprint density at radius 3 is 2.89 bits per heavy atom. The molecule has 0 fully saturated rings. The number of nitrogens with zero attached hydrogens (tertiary/aromatic N) is 2. The maximum Gasteiger partial charge on any atom is 0.128 e. The molecule has 3 nitrogen and oxygen atoms in total. The van der Waals surface area contributed by atoms with Gasteiger partial charge in [0, 0.05) is 24.6 Å². The third-order valence-electron chi connectivity index (χ3n) is 2.76. The fraction of sp³-hybridized carbons (Fsp3) is 0.357. The quantitative estimate of drug-likeness (QED) is 0.878. The van der Waals surface area contributed by atoms with Crippen molar-refractivity contribution in [2.45, 2.75) is 33.4 Å². The maximum atomic E-state index is 13.2. The molecule has 0 saturated carbocycles. The van der Waals surface area contributed by atoms with Crippen LogP contribution in [0, 0.1) is 12.7 Å². The van der Waals surface area contributed by atoms with Crippen LogP contribution in [0.1, 0.15) is 24.7 Å². The Morgan fingerprint density at radius 2 is 2.17 bits per heavy atom. The van der Waals surface area contributed by atoms with Gasteiger partial charge in [0.05, 0.1) is 6.54 Å². The smallest absolute Gasteiger partial charge is 0.128 e. The minimum absolute atomic E-state index is 0.214. The molecule has 0 spiro atoms. The molecule has 1 aromatic carbocycles. The van der Waals surface area contributed by atoms with Crippen molar-refractivity contribution in [2.75, 3.05) is 5.32 Å². The lowest BCUT2D eigenvalue weighted by molar-refractivity contribution is 0.626. The Morgan fingerprint density at radius 1 is 1.33 bits per heavy atom. The Kier molecular flexibility index (Phi) is 3.97. The molecule has 18 heavy (non-hydrogen) atoms. The number of nitrogens with one attached hydrogen (secondary N) is 1. The van der Waals surface area contributed by atoms with Gasteiger partial charge in [0.1, 0.15) is 11.6 Å². The van der Waals surface area contributed by atoms with Crippen LogP contribution in [-0.2, 0) is 13.1 Å². The second-order valence-corrected chi connectivity index (χ2v) is 4.41. The maximum absolute atomic E-state index is 13.2. The molecule has 4 heteroatoms. The molecule has 0 aliphatic rings. The molecule has 96 valence electrons. The number of benzene rings is 1. The fourth-order valence-corrected chi connectivity index (χ4v) is 1.97. The predicted molar refractivity (Wildman–Crippen MR) is 71.0 cm³/mol. The molecule has 0 aliphatic carbocycles. The van der Waals surface area contributed by atoms with Crippen molar-refractivity contribution >= 4 is 5.69 Å². The Bertz CT molecular complexity index is 499. The third kappa shape index (κ3) is 3.09. The van der Waals surface area contributed by atoms with E-state index in [1.807, 2.05) is 19.2 Å². The summed E-state index contributed by atoms with van der Waals surface area (Å²) in [5, 5.41) is 3.20. The number of anilines is 1. The van der Waals surface area contributed by atoms with Crippen LogP contribution in [0.25, 0.3) is 0 Å². The number of aryl methyl sites for hydroxylation is 2. The second-order valence-electron chi connectivity index (χ2n) is 4.41. The van der Waals surface area contributed by atoms with E-state index >= 15 is 0 Å². The van der Waals surface area contributed by atoms with Crippen molar-refractivity contribution in [3.05, 3.63) is 47.8 Å². The SMILES string of the molecule is CCCn1ccnc1CNc1cc(C)cc(F)c1. The number of halogens is 1. The highest BCUT2D eigenvalue weighted by atomic mass is 19.1. The normalized spacial score (nSPS) is 10.6. The molecule has 0 atom stereocenters. The Hall–Kier alpha value is -1.84. The standard InChI is InChI=1S/C14H18FN3/c1-3-5-18-6-4-16-14(18)10-17-13-8-11(2)7-12(15)9-13/h4,6-9,17H,3,5,10H2,1-2H3. The van der Waals surface area contributed by atoms with Gasteiger partial charge in [-0.15, -0.1) is 0 Å². The molecule has 1 N–H and O–H groups in total. The van der Waals surface area contributed by atoms with Gasteiger partial charge in [0.2, 0.25) is 0 Å². The fourth-order valence-electron chi connectivity index (χ4n) is 1.97. The summed E-state index contributed by atoms with van der Waals surface area (Å²) in [6.45, 7) is 5.58. The van der Waals surface area contributed by atoms with Gasteiger partial charge in [0.15, 0.2) is 0 Å². The van der Waals surface area contributed by atoms with Gasteiger partial charge in [-0.25, -0.2) is 9.37 Å². The van der Waals surface area contributed by atoms with E-state index in [9.17, 15) is 4.39 Å². The van der Waals surface area contributed by atoms with Gasteiger partial charge in [-0.05, 0) is 37.1 Å². The van der Waals surface area contributed by atoms with Crippen molar-refractivity contribution in [3.8, 4) is 0 Å². The van der Waals surface area contributed by atoms with Crippen molar-refractivity contribution in [1.82, 2.24) is 9.55 Å². The highest BCUT2D eigenvalue weighted by molar-refractivity contribution is 5.46. The first-order valence-electron chi connectivity index (χ1n) is 6.20. The van der Waals surface area contributed by atoms with Crippen LogP contribution in [-0.4, -0.2) is 9.55 Å². The molecular weight excluding hydrogens is 229 g/mol.